The van der Waals surface area contributed by atoms with Crippen LogP contribution in [0.5, 0.6) is 0 Å². The van der Waals surface area contributed by atoms with Gasteiger partial charge in [0.1, 0.15) is 5.69 Å². The number of hydrazone groups is 1. The minimum atomic E-state index is -0.482. The molecule has 0 spiro atoms. The first-order valence-corrected chi connectivity index (χ1v) is 5.93. The molecule has 2 aromatic rings. The van der Waals surface area contributed by atoms with Crippen molar-refractivity contribution in [2.24, 2.45) is 5.10 Å². The molecule has 1 aromatic carbocycles. The number of nitro groups is 1. The molecule has 8 nitrogen and oxygen atoms in total. The van der Waals surface area contributed by atoms with E-state index in [-0.39, 0.29) is 11.4 Å². The van der Waals surface area contributed by atoms with Crippen LogP contribution in [0.3, 0.4) is 0 Å². The topological polar surface area (TPSA) is 110 Å². The lowest BCUT2D eigenvalue weighted by atomic mass is 10.1. The second-order valence-corrected chi connectivity index (χ2v) is 4.03. The lowest BCUT2D eigenvalue weighted by Gasteiger charge is -2.02. The van der Waals surface area contributed by atoms with Crippen LogP contribution in [0.4, 0.5) is 5.69 Å². The van der Waals surface area contributed by atoms with Gasteiger partial charge in [-0.15, -0.1) is 0 Å². The summed E-state index contributed by atoms with van der Waals surface area (Å²) < 4.78 is 0. The van der Waals surface area contributed by atoms with Crippen LogP contribution in [0.1, 0.15) is 23.0 Å². The molecular formula is C13H11N5O3. The van der Waals surface area contributed by atoms with Gasteiger partial charge in [-0.2, -0.15) is 5.10 Å². The minimum absolute atomic E-state index is 0.00449. The van der Waals surface area contributed by atoms with E-state index >= 15 is 0 Å². The number of nitrogens with zero attached hydrogens (tertiary/aromatic N) is 4. The van der Waals surface area contributed by atoms with Crippen molar-refractivity contribution < 1.29 is 9.72 Å². The molecule has 106 valence electrons. The van der Waals surface area contributed by atoms with Gasteiger partial charge in [0.25, 0.3) is 11.6 Å². The fourth-order valence-corrected chi connectivity index (χ4v) is 1.50. The van der Waals surface area contributed by atoms with Gasteiger partial charge in [0.15, 0.2) is 0 Å². The van der Waals surface area contributed by atoms with E-state index in [9.17, 15) is 14.9 Å². The standard InChI is InChI=1S/C13H11N5O3/c1-9(10-2-4-11(5-3-10)18(20)21)16-17-13(19)12-8-14-6-7-15-12/h2-8H,1H3,(H,17,19)/b16-9-. The number of carbonyl (C=O) groups excluding carboxylic acids is 1. The quantitative estimate of drug-likeness (QED) is 0.520. The Morgan fingerprint density at radius 2 is 2.00 bits per heavy atom. The highest BCUT2D eigenvalue weighted by Gasteiger charge is 2.07. The maximum Gasteiger partial charge on any atom is 0.291 e. The largest absolute Gasteiger partial charge is 0.291 e. The molecule has 0 aliphatic heterocycles. The van der Waals surface area contributed by atoms with E-state index in [4.69, 9.17) is 0 Å². The number of nitrogens with one attached hydrogen (secondary N) is 1. The third-order valence-corrected chi connectivity index (χ3v) is 2.62. The third kappa shape index (κ3) is 3.66. The molecule has 2 rings (SSSR count). The molecule has 8 heteroatoms. The summed E-state index contributed by atoms with van der Waals surface area (Å²) in [6.45, 7) is 1.68. The normalized spacial score (nSPS) is 11.0. The van der Waals surface area contributed by atoms with Crippen LogP contribution in [0.15, 0.2) is 48.0 Å². The van der Waals surface area contributed by atoms with E-state index in [2.05, 4.69) is 20.5 Å². The molecule has 0 unspecified atom stereocenters. The summed E-state index contributed by atoms with van der Waals surface area (Å²) in [7, 11) is 0. The summed E-state index contributed by atoms with van der Waals surface area (Å²) in [4.78, 5) is 29.4. The number of nitro benzene ring substituents is 1. The first-order chi connectivity index (χ1) is 10.1. The van der Waals surface area contributed by atoms with Crippen molar-refractivity contribution in [1.82, 2.24) is 15.4 Å². The molecule has 1 heterocycles. The molecule has 0 saturated carbocycles. The summed E-state index contributed by atoms with van der Waals surface area (Å²) in [5.74, 6) is -0.482. The van der Waals surface area contributed by atoms with Crippen LogP contribution >= 0.6 is 0 Å². The Labute approximate surface area is 119 Å². The van der Waals surface area contributed by atoms with Crippen molar-refractivity contribution in [2.45, 2.75) is 6.92 Å². The van der Waals surface area contributed by atoms with Crippen LogP contribution in [-0.2, 0) is 0 Å². The SMILES string of the molecule is C/C(=N/NC(=O)c1cnccn1)c1ccc([N+](=O)[O-])cc1. The smallest absolute Gasteiger partial charge is 0.265 e. The maximum atomic E-state index is 11.7. The molecule has 0 aliphatic carbocycles. The molecule has 0 radical (unpaired) electrons. The van der Waals surface area contributed by atoms with Crippen molar-refractivity contribution in [2.75, 3.05) is 0 Å². The monoisotopic (exact) mass is 285 g/mol. The van der Waals surface area contributed by atoms with Gasteiger partial charge in [-0.25, -0.2) is 10.4 Å². The summed E-state index contributed by atoms with van der Waals surface area (Å²) in [5.41, 5.74) is 3.68. The van der Waals surface area contributed by atoms with E-state index in [1.807, 2.05) is 0 Å². The molecule has 0 saturated heterocycles. The minimum Gasteiger partial charge on any atom is -0.265 e. The van der Waals surface area contributed by atoms with Crippen molar-refractivity contribution in [1.29, 1.82) is 0 Å². The van der Waals surface area contributed by atoms with Crippen molar-refractivity contribution in [3.05, 3.63) is 64.2 Å². The number of rotatable bonds is 4. The van der Waals surface area contributed by atoms with Gasteiger partial charge in [-0.3, -0.25) is 19.9 Å². The molecule has 1 aromatic heterocycles. The summed E-state index contributed by atoms with van der Waals surface area (Å²) in [5, 5.41) is 14.5. The molecule has 0 bridgehead atoms. The average Bonchev–Trinajstić information content (AvgIpc) is 2.53. The molecule has 0 aliphatic rings. The number of benzene rings is 1. The summed E-state index contributed by atoms with van der Waals surface area (Å²) >= 11 is 0. The zero-order chi connectivity index (χ0) is 15.2. The van der Waals surface area contributed by atoms with Gasteiger partial charge in [-0.1, -0.05) is 0 Å². The molecule has 1 amide bonds. The van der Waals surface area contributed by atoms with Crippen LogP contribution in [0.2, 0.25) is 0 Å². The van der Waals surface area contributed by atoms with Crippen LogP contribution in [0.25, 0.3) is 0 Å². The van der Waals surface area contributed by atoms with E-state index in [1.54, 1.807) is 19.1 Å². The zero-order valence-corrected chi connectivity index (χ0v) is 11.1. The van der Waals surface area contributed by atoms with E-state index in [0.29, 0.717) is 11.3 Å². The predicted molar refractivity (Wildman–Crippen MR) is 74.8 cm³/mol. The number of hydrogen-bond acceptors (Lipinski definition) is 6. The number of hydrogen-bond donors (Lipinski definition) is 1. The predicted octanol–water partition coefficient (Wildman–Crippen LogP) is 1.54. The van der Waals surface area contributed by atoms with Crippen molar-refractivity contribution in [3.63, 3.8) is 0 Å². The van der Waals surface area contributed by atoms with E-state index in [0.717, 1.165) is 0 Å². The second kappa shape index (κ2) is 6.33. The highest BCUT2D eigenvalue weighted by molar-refractivity contribution is 6.00. The van der Waals surface area contributed by atoms with Gasteiger partial charge in [0.05, 0.1) is 16.8 Å². The first kappa shape index (κ1) is 14.3. The average molecular weight is 285 g/mol. The number of amides is 1. The highest BCUT2D eigenvalue weighted by Crippen LogP contribution is 2.12. The van der Waals surface area contributed by atoms with E-state index < -0.39 is 10.8 Å². The van der Waals surface area contributed by atoms with Crippen LogP contribution < -0.4 is 5.43 Å². The fourth-order valence-electron chi connectivity index (χ4n) is 1.50. The fraction of sp³-hybridized carbons (Fsp3) is 0.0769. The zero-order valence-electron chi connectivity index (χ0n) is 11.1. The number of non-ortho nitro benzene ring substituents is 1. The Hall–Kier alpha value is -3.16. The van der Waals surface area contributed by atoms with Crippen LogP contribution in [0, 0.1) is 10.1 Å². The van der Waals surface area contributed by atoms with Gasteiger partial charge >= 0.3 is 0 Å². The molecule has 1 N–H and O–H groups in total. The molecular weight excluding hydrogens is 274 g/mol. The van der Waals surface area contributed by atoms with Gasteiger partial charge in [0, 0.05) is 24.5 Å². The Balaban J connectivity index is 2.07. The second-order valence-electron chi connectivity index (χ2n) is 4.03. The number of carbonyl (C=O) groups is 1. The van der Waals surface area contributed by atoms with Crippen molar-refractivity contribution >= 4 is 17.3 Å². The highest BCUT2D eigenvalue weighted by atomic mass is 16.6. The number of aromatic nitrogens is 2. The lowest BCUT2D eigenvalue weighted by molar-refractivity contribution is -0.384. The maximum absolute atomic E-state index is 11.7. The van der Waals surface area contributed by atoms with E-state index in [1.165, 1.54) is 30.7 Å². The van der Waals surface area contributed by atoms with Gasteiger partial charge < -0.3 is 0 Å². The Kier molecular flexibility index (Phi) is 4.30. The molecule has 0 atom stereocenters. The Morgan fingerprint density at radius 1 is 1.29 bits per heavy atom. The van der Waals surface area contributed by atoms with Gasteiger partial charge in [-0.05, 0) is 24.6 Å². The molecule has 21 heavy (non-hydrogen) atoms. The Bertz CT molecular complexity index is 683. The Morgan fingerprint density at radius 3 is 2.57 bits per heavy atom. The first-order valence-electron chi connectivity index (χ1n) is 5.93. The van der Waals surface area contributed by atoms with Gasteiger partial charge in [0.2, 0.25) is 0 Å². The van der Waals surface area contributed by atoms with Crippen molar-refractivity contribution in [3.8, 4) is 0 Å². The van der Waals surface area contributed by atoms with Crippen LogP contribution in [-0.4, -0.2) is 26.5 Å². The lowest BCUT2D eigenvalue weighted by Crippen LogP contribution is -2.20. The third-order valence-electron chi connectivity index (χ3n) is 2.62. The summed E-state index contributed by atoms with van der Waals surface area (Å²) in [6, 6.07) is 5.87. The summed E-state index contributed by atoms with van der Waals surface area (Å²) in [6.07, 6.45) is 4.19. The molecule has 0 fully saturated rings.